The number of thiophene rings is 1. The van der Waals surface area contributed by atoms with Gasteiger partial charge in [-0.05, 0) is 38.5 Å². The van der Waals surface area contributed by atoms with E-state index in [9.17, 15) is 14.4 Å². The lowest BCUT2D eigenvalue weighted by Gasteiger charge is -2.21. The van der Waals surface area contributed by atoms with Gasteiger partial charge in [-0.25, -0.2) is 4.79 Å². The van der Waals surface area contributed by atoms with Crippen LogP contribution in [0, 0.1) is 6.92 Å². The van der Waals surface area contributed by atoms with Gasteiger partial charge in [-0.3, -0.25) is 9.59 Å². The molecule has 1 fully saturated rings. The minimum Gasteiger partial charge on any atom is -0.462 e. The molecular formula is C21H28N3O4S+. The summed E-state index contributed by atoms with van der Waals surface area (Å²) >= 11 is 1.14. The summed E-state index contributed by atoms with van der Waals surface area (Å²) in [7, 11) is 2.02. The maximum Gasteiger partial charge on any atom is 0.341 e. The predicted octanol–water partition coefficient (Wildman–Crippen LogP) is 2.13. The van der Waals surface area contributed by atoms with E-state index in [1.807, 2.05) is 19.3 Å². The number of esters is 1. The third-order valence-corrected chi connectivity index (χ3v) is 6.72. The highest BCUT2D eigenvalue weighted by atomic mass is 32.1. The largest absolute Gasteiger partial charge is 0.462 e. The second-order valence-corrected chi connectivity index (χ2v) is 8.43. The molecule has 0 bridgehead atoms. The van der Waals surface area contributed by atoms with Crippen molar-refractivity contribution < 1.29 is 24.0 Å². The van der Waals surface area contributed by atoms with Gasteiger partial charge < -0.3 is 19.5 Å². The van der Waals surface area contributed by atoms with Crippen LogP contribution in [0.2, 0.25) is 0 Å². The molecule has 7 nitrogen and oxygen atoms in total. The summed E-state index contributed by atoms with van der Waals surface area (Å²) in [6.07, 6.45) is 4.13. The molecule has 1 amide bonds. The van der Waals surface area contributed by atoms with Crippen LogP contribution >= 0.6 is 11.3 Å². The van der Waals surface area contributed by atoms with Gasteiger partial charge in [0, 0.05) is 26.1 Å². The number of rotatable bonds is 7. The van der Waals surface area contributed by atoms with Crippen molar-refractivity contribution >= 4 is 34.0 Å². The van der Waals surface area contributed by atoms with Crippen LogP contribution in [0.3, 0.4) is 0 Å². The quantitative estimate of drug-likeness (QED) is 0.533. The van der Waals surface area contributed by atoms with E-state index in [0.29, 0.717) is 22.0 Å². The number of aryl methyl sites for hydroxylation is 1. The standard InChI is InChI=1S/C21H27N3O4S/c1-5-28-21(27)18-13(2)19(14(3)25)29-20(18)22-17(26)12-24-11-7-9-16(24)15-8-6-10-23(15)4/h6,8,10,16H,5,7,9,11-12H2,1-4H3,(H,22,26)/p+1/t16-/m1/s1. The van der Waals surface area contributed by atoms with E-state index < -0.39 is 5.97 Å². The minimum atomic E-state index is -0.515. The predicted molar refractivity (Wildman–Crippen MR) is 112 cm³/mol. The number of anilines is 1. The lowest BCUT2D eigenvalue weighted by Crippen LogP contribution is -3.11. The highest BCUT2D eigenvalue weighted by Gasteiger charge is 2.33. The van der Waals surface area contributed by atoms with Crippen LogP contribution in [-0.2, 0) is 16.6 Å². The molecule has 0 radical (unpaired) electrons. The first-order valence-corrected chi connectivity index (χ1v) is 10.7. The van der Waals surface area contributed by atoms with E-state index in [2.05, 4.69) is 16.0 Å². The van der Waals surface area contributed by atoms with E-state index in [4.69, 9.17) is 4.74 Å². The number of hydrogen-bond donors (Lipinski definition) is 2. The first kappa shape index (κ1) is 21.3. The van der Waals surface area contributed by atoms with Crippen molar-refractivity contribution in [1.82, 2.24) is 4.57 Å². The fraction of sp³-hybridized carbons (Fsp3) is 0.476. The van der Waals surface area contributed by atoms with Crippen LogP contribution in [0.15, 0.2) is 18.3 Å². The molecule has 1 aliphatic heterocycles. The van der Waals surface area contributed by atoms with Gasteiger partial charge in [0.2, 0.25) is 0 Å². The molecule has 3 rings (SSSR count). The smallest absolute Gasteiger partial charge is 0.341 e. The molecule has 2 N–H and O–H groups in total. The Kier molecular flexibility index (Phi) is 6.54. The molecule has 1 saturated heterocycles. The Hall–Kier alpha value is -2.45. The van der Waals surface area contributed by atoms with Crippen LogP contribution < -0.4 is 10.2 Å². The summed E-state index contributed by atoms with van der Waals surface area (Å²) in [5.41, 5.74) is 2.07. The highest BCUT2D eigenvalue weighted by molar-refractivity contribution is 7.18. The van der Waals surface area contributed by atoms with E-state index in [-0.39, 0.29) is 29.9 Å². The zero-order chi connectivity index (χ0) is 21.1. The van der Waals surface area contributed by atoms with Gasteiger partial charge in [-0.1, -0.05) is 0 Å². The zero-order valence-corrected chi connectivity index (χ0v) is 18.1. The fourth-order valence-electron chi connectivity index (χ4n) is 4.08. The van der Waals surface area contributed by atoms with Gasteiger partial charge in [0.1, 0.15) is 11.0 Å². The number of amides is 1. The lowest BCUT2D eigenvalue weighted by molar-refractivity contribution is -0.910. The molecular weight excluding hydrogens is 390 g/mol. The normalized spacial score (nSPS) is 18.6. The maximum absolute atomic E-state index is 12.8. The monoisotopic (exact) mass is 418 g/mol. The fourth-order valence-corrected chi connectivity index (χ4v) is 5.19. The second-order valence-electron chi connectivity index (χ2n) is 7.41. The number of ether oxygens (including phenoxy) is 1. The van der Waals surface area contributed by atoms with E-state index in [0.717, 1.165) is 30.7 Å². The molecule has 3 heterocycles. The van der Waals surface area contributed by atoms with Crippen molar-refractivity contribution in [3.8, 4) is 0 Å². The Balaban J connectivity index is 1.78. The Morgan fingerprint density at radius 2 is 2.14 bits per heavy atom. The average Bonchev–Trinajstić information content (AvgIpc) is 3.34. The number of hydrogen-bond acceptors (Lipinski definition) is 5. The molecule has 8 heteroatoms. The van der Waals surface area contributed by atoms with Gasteiger partial charge in [-0.15, -0.1) is 11.3 Å². The van der Waals surface area contributed by atoms with Crippen LogP contribution in [0.25, 0.3) is 0 Å². The molecule has 0 spiro atoms. The lowest BCUT2D eigenvalue weighted by atomic mass is 10.1. The number of nitrogens with one attached hydrogen (secondary N) is 2. The van der Waals surface area contributed by atoms with Crippen molar-refractivity contribution in [1.29, 1.82) is 0 Å². The first-order chi connectivity index (χ1) is 13.8. The van der Waals surface area contributed by atoms with Crippen LogP contribution in [0.4, 0.5) is 5.00 Å². The average molecular weight is 419 g/mol. The number of nitrogens with zero attached hydrogens (tertiary/aromatic N) is 1. The number of likely N-dealkylation sites (tertiary alicyclic amines) is 1. The van der Waals surface area contributed by atoms with Crippen molar-refractivity contribution in [2.24, 2.45) is 7.05 Å². The molecule has 1 unspecified atom stereocenters. The molecule has 0 aliphatic carbocycles. The molecule has 29 heavy (non-hydrogen) atoms. The summed E-state index contributed by atoms with van der Waals surface area (Å²) in [6, 6.07) is 4.41. The maximum atomic E-state index is 12.8. The van der Waals surface area contributed by atoms with Crippen LogP contribution in [0.1, 0.15) is 64.0 Å². The summed E-state index contributed by atoms with van der Waals surface area (Å²) in [6.45, 7) is 6.36. The summed E-state index contributed by atoms with van der Waals surface area (Å²) in [5.74, 6) is -0.810. The molecule has 1 aliphatic rings. The molecule has 2 aromatic rings. The van der Waals surface area contributed by atoms with Crippen molar-refractivity contribution in [3.05, 3.63) is 40.0 Å². The number of carbonyl (C=O) groups is 3. The zero-order valence-electron chi connectivity index (χ0n) is 17.3. The minimum absolute atomic E-state index is 0.132. The topological polar surface area (TPSA) is 81.8 Å². The summed E-state index contributed by atoms with van der Waals surface area (Å²) in [5, 5.41) is 3.27. The Bertz CT molecular complexity index is 931. The molecule has 156 valence electrons. The van der Waals surface area contributed by atoms with E-state index in [1.165, 1.54) is 17.5 Å². The van der Waals surface area contributed by atoms with Crippen molar-refractivity contribution in [2.45, 2.75) is 39.7 Å². The van der Waals surface area contributed by atoms with Crippen LogP contribution in [-0.4, -0.2) is 41.9 Å². The van der Waals surface area contributed by atoms with Gasteiger partial charge in [-0.2, -0.15) is 0 Å². The van der Waals surface area contributed by atoms with Gasteiger partial charge in [0.25, 0.3) is 5.91 Å². The van der Waals surface area contributed by atoms with Crippen molar-refractivity contribution in [3.63, 3.8) is 0 Å². The Morgan fingerprint density at radius 3 is 2.76 bits per heavy atom. The summed E-state index contributed by atoms with van der Waals surface area (Å²) < 4.78 is 7.24. The molecule has 2 atom stereocenters. The second kappa shape index (κ2) is 8.92. The third kappa shape index (κ3) is 4.43. The molecule has 2 aromatic heterocycles. The number of carbonyl (C=O) groups excluding carboxylic acids is 3. The molecule has 0 saturated carbocycles. The van der Waals surface area contributed by atoms with Crippen LogP contribution in [0.5, 0.6) is 0 Å². The SMILES string of the molecule is CCOC(=O)c1c(NC(=O)C[NH+]2CCC[C@@H]2c2cccn2C)sc(C(C)=O)c1C. The molecule has 0 aromatic carbocycles. The van der Waals surface area contributed by atoms with E-state index >= 15 is 0 Å². The number of Topliss-reactive ketones (excluding diaryl/α,β-unsaturated/α-hetero) is 1. The van der Waals surface area contributed by atoms with Gasteiger partial charge >= 0.3 is 5.97 Å². The Morgan fingerprint density at radius 1 is 1.38 bits per heavy atom. The van der Waals surface area contributed by atoms with E-state index in [1.54, 1.807) is 13.8 Å². The highest BCUT2D eigenvalue weighted by Crippen LogP contribution is 2.34. The number of quaternary nitrogens is 1. The third-order valence-electron chi connectivity index (χ3n) is 5.41. The van der Waals surface area contributed by atoms with Gasteiger partial charge in [0.15, 0.2) is 12.3 Å². The van der Waals surface area contributed by atoms with Crippen molar-refractivity contribution in [2.75, 3.05) is 25.0 Å². The Labute approximate surface area is 174 Å². The summed E-state index contributed by atoms with van der Waals surface area (Å²) in [4.78, 5) is 38.8. The number of aromatic nitrogens is 1. The van der Waals surface area contributed by atoms with Gasteiger partial charge in [0.05, 0.1) is 29.3 Å². The first-order valence-electron chi connectivity index (χ1n) is 9.90. The number of ketones is 1.